The molecule has 152 valence electrons. The fourth-order valence-corrected chi connectivity index (χ4v) is 3.05. The minimum Gasteiger partial charge on any atom is -0.489 e. The molecule has 0 atom stereocenters. The third-order valence-electron chi connectivity index (χ3n) is 3.39. The number of amides is 1. The molecule has 2 rings (SSSR count). The summed E-state index contributed by atoms with van der Waals surface area (Å²) in [6.45, 7) is 0.336. The predicted octanol–water partition coefficient (Wildman–Crippen LogP) is 5.25. The summed E-state index contributed by atoms with van der Waals surface area (Å²) in [5.41, 5.74) is -1.02. The van der Waals surface area contributed by atoms with E-state index in [-0.39, 0.29) is 35.4 Å². The first-order chi connectivity index (χ1) is 13.2. The van der Waals surface area contributed by atoms with E-state index in [1.54, 1.807) is 0 Å². The maximum Gasteiger partial charge on any atom is 0.416 e. The number of nitrogens with one attached hydrogen (secondary N) is 1. The number of thioether (sulfide) groups is 1. The molecule has 4 nitrogen and oxygen atoms in total. The van der Waals surface area contributed by atoms with Gasteiger partial charge in [-0.05, 0) is 36.4 Å². The van der Waals surface area contributed by atoms with Gasteiger partial charge >= 0.3 is 6.18 Å². The molecule has 0 aromatic heterocycles. The number of carbonyl (C=O) groups is 1. The van der Waals surface area contributed by atoms with E-state index in [0.717, 1.165) is 36.0 Å². The van der Waals surface area contributed by atoms with Gasteiger partial charge in [0, 0.05) is 12.0 Å². The maximum absolute atomic E-state index is 13.2. The monoisotopic (exact) mass is 437 g/mol. The molecule has 0 spiro atoms. The van der Waals surface area contributed by atoms with E-state index >= 15 is 0 Å². The highest BCUT2D eigenvalue weighted by atomic mass is 35.5. The molecule has 0 fully saturated rings. The molecule has 2 aromatic rings. The zero-order valence-corrected chi connectivity index (χ0v) is 16.2. The molecule has 0 saturated carbocycles. The molecule has 0 unspecified atom stereocenters. The summed E-state index contributed by atoms with van der Waals surface area (Å²) in [5.74, 6) is -1.16. The van der Waals surface area contributed by atoms with Crippen LogP contribution in [0.3, 0.4) is 0 Å². The smallest absolute Gasteiger partial charge is 0.416 e. The van der Waals surface area contributed by atoms with Crippen molar-refractivity contribution in [3.63, 3.8) is 0 Å². The topological polar surface area (TPSA) is 47.6 Å². The van der Waals surface area contributed by atoms with Gasteiger partial charge in [0.2, 0.25) is 5.91 Å². The minimum atomic E-state index is -4.57. The zero-order chi connectivity index (χ0) is 20.7. The summed E-state index contributed by atoms with van der Waals surface area (Å²) in [4.78, 5) is 12.7. The first-order valence-corrected chi connectivity index (χ1v) is 9.27. The van der Waals surface area contributed by atoms with Crippen molar-refractivity contribution in [2.45, 2.75) is 11.1 Å². The van der Waals surface area contributed by atoms with Gasteiger partial charge in [0.25, 0.3) is 0 Å². The Labute approximate surface area is 168 Å². The van der Waals surface area contributed by atoms with Crippen molar-refractivity contribution in [3.05, 3.63) is 52.8 Å². The van der Waals surface area contributed by atoms with Gasteiger partial charge in [-0.2, -0.15) is 13.2 Å². The normalized spacial score (nSPS) is 11.4. The fraction of sp³-hybridized carbons (Fsp3) is 0.278. The molecule has 1 N–H and O–H groups in total. The Kier molecular flexibility index (Phi) is 7.97. The van der Waals surface area contributed by atoms with E-state index in [0.29, 0.717) is 4.90 Å². The van der Waals surface area contributed by atoms with E-state index in [1.165, 1.54) is 19.2 Å². The van der Waals surface area contributed by atoms with Gasteiger partial charge in [0.05, 0.1) is 28.6 Å². The zero-order valence-electron chi connectivity index (χ0n) is 14.6. The van der Waals surface area contributed by atoms with Gasteiger partial charge in [-0.25, -0.2) is 4.39 Å². The number of anilines is 1. The van der Waals surface area contributed by atoms with Crippen molar-refractivity contribution in [1.29, 1.82) is 0 Å². The molecule has 0 aliphatic heterocycles. The summed E-state index contributed by atoms with van der Waals surface area (Å²) in [6.07, 6.45) is -4.57. The van der Waals surface area contributed by atoms with Crippen LogP contribution >= 0.6 is 23.4 Å². The highest BCUT2D eigenvalue weighted by Gasteiger charge is 2.31. The number of methoxy groups -OCH3 is 1. The molecule has 2 aromatic carbocycles. The first kappa shape index (κ1) is 22.3. The van der Waals surface area contributed by atoms with Crippen molar-refractivity contribution in [2.75, 3.05) is 31.4 Å². The van der Waals surface area contributed by atoms with Crippen molar-refractivity contribution >= 4 is 35.0 Å². The van der Waals surface area contributed by atoms with E-state index in [1.807, 2.05) is 0 Å². The highest BCUT2D eigenvalue weighted by molar-refractivity contribution is 8.00. The van der Waals surface area contributed by atoms with E-state index < -0.39 is 23.5 Å². The van der Waals surface area contributed by atoms with Crippen LogP contribution in [0.25, 0.3) is 0 Å². The van der Waals surface area contributed by atoms with Crippen LogP contribution in [0.1, 0.15) is 5.56 Å². The van der Waals surface area contributed by atoms with Gasteiger partial charge < -0.3 is 14.8 Å². The Balaban J connectivity index is 2.09. The number of hydrogen-bond donors (Lipinski definition) is 1. The van der Waals surface area contributed by atoms with Crippen LogP contribution < -0.4 is 10.1 Å². The third-order valence-corrected chi connectivity index (χ3v) is 4.67. The Bertz CT molecular complexity index is 833. The highest BCUT2D eigenvalue weighted by Crippen LogP contribution is 2.35. The van der Waals surface area contributed by atoms with Crippen LogP contribution in [0.15, 0.2) is 41.3 Å². The number of rotatable bonds is 8. The number of carbonyl (C=O) groups excluding carboxylic acids is 1. The Morgan fingerprint density at radius 2 is 1.93 bits per heavy atom. The van der Waals surface area contributed by atoms with Crippen LogP contribution in [-0.4, -0.2) is 32.0 Å². The molecule has 0 saturated heterocycles. The lowest BCUT2D eigenvalue weighted by molar-refractivity contribution is -0.137. The molecule has 1 amide bonds. The quantitative estimate of drug-likeness (QED) is 0.348. The number of benzene rings is 2. The lowest BCUT2D eigenvalue weighted by Gasteiger charge is -2.15. The lowest BCUT2D eigenvalue weighted by atomic mass is 10.1. The summed E-state index contributed by atoms with van der Waals surface area (Å²) < 4.78 is 62.2. The molecule has 0 aliphatic carbocycles. The van der Waals surface area contributed by atoms with E-state index in [4.69, 9.17) is 21.1 Å². The number of halogens is 5. The average Bonchev–Trinajstić information content (AvgIpc) is 2.63. The number of alkyl halides is 3. The third kappa shape index (κ3) is 6.57. The molecule has 0 aliphatic rings. The Hall–Kier alpha value is -1.97. The molecule has 28 heavy (non-hydrogen) atoms. The SMILES string of the molecule is COCCOc1ccc(C(F)(F)F)cc1NC(=O)CSc1ccc(F)c(Cl)c1. The van der Waals surface area contributed by atoms with E-state index in [9.17, 15) is 22.4 Å². The van der Waals surface area contributed by atoms with Crippen molar-refractivity contribution in [1.82, 2.24) is 0 Å². The van der Waals surface area contributed by atoms with Crippen LogP contribution in [0.2, 0.25) is 5.02 Å². The number of hydrogen-bond acceptors (Lipinski definition) is 4. The summed E-state index contributed by atoms with van der Waals surface area (Å²) in [7, 11) is 1.46. The van der Waals surface area contributed by atoms with Gasteiger partial charge in [0.1, 0.15) is 18.2 Å². The average molecular weight is 438 g/mol. The Morgan fingerprint density at radius 1 is 1.18 bits per heavy atom. The van der Waals surface area contributed by atoms with Gasteiger partial charge in [-0.15, -0.1) is 11.8 Å². The molecule has 0 bridgehead atoms. The summed E-state index contributed by atoms with van der Waals surface area (Å²) in [5, 5.41) is 2.33. The summed E-state index contributed by atoms with van der Waals surface area (Å²) >= 11 is 6.74. The molecule has 0 radical (unpaired) electrons. The van der Waals surface area contributed by atoms with Crippen LogP contribution in [0.5, 0.6) is 5.75 Å². The van der Waals surface area contributed by atoms with E-state index in [2.05, 4.69) is 5.32 Å². The van der Waals surface area contributed by atoms with Gasteiger partial charge in [-0.3, -0.25) is 4.79 Å². The maximum atomic E-state index is 13.2. The first-order valence-electron chi connectivity index (χ1n) is 7.91. The lowest BCUT2D eigenvalue weighted by Crippen LogP contribution is -2.16. The predicted molar refractivity (Wildman–Crippen MR) is 99.6 cm³/mol. The van der Waals surface area contributed by atoms with Gasteiger partial charge in [-0.1, -0.05) is 11.6 Å². The van der Waals surface area contributed by atoms with Crippen LogP contribution in [-0.2, 0) is 15.7 Å². The second-order valence-electron chi connectivity index (χ2n) is 5.46. The molecular formula is C18H16ClF4NO3S. The number of ether oxygens (including phenoxy) is 2. The van der Waals surface area contributed by atoms with Crippen LogP contribution in [0.4, 0.5) is 23.2 Å². The largest absolute Gasteiger partial charge is 0.489 e. The summed E-state index contributed by atoms with van der Waals surface area (Å²) in [6, 6.07) is 6.78. The van der Waals surface area contributed by atoms with Crippen LogP contribution in [0, 0.1) is 5.82 Å². The molecular weight excluding hydrogens is 422 g/mol. The van der Waals surface area contributed by atoms with Crippen molar-refractivity contribution < 1.29 is 31.8 Å². The van der Waals surface area contributed by atoms with Crippen molar-refractivity contribution in [3.8, 4) is 5.75 Å². The second-order valence-corrected chi connectivity index (χ2v) is 6.92. The molecule has 10 heteroatoms. The standard InChI is InChI=1S/C18H16ClF4NO3S/c1-26-6-7-27-16-5-2-11(18(21,22)23)8-15(16)24-17(25)10-28-12-3-4-14(20)13(19)9-12/h2-5,8-9H,6-7,10H2,1H3,(H,24,25). The second kappa shape index (κ2) is 9.99. The minimum absolute atomic E-state index is 0.0860. The van der Waals surface area contributed by atoms with Gasteiger partial charge in [0.15, 0.2) is 0 Å². The fourth-order valence-electron chi connectivity index (χ4n) is 2.07. The Morgan fingerprint density at radius 3 is 2.57 bits per heavy atom. The molecule has 0 heterocycles. The van der Waals surface area contributed by atoms with Crippen molar-refractivity contribution in [2.24, 2.45) is 0 Å².